The van der Waals surface area contributed by atoms with Gasteiger partial charge in [0.15, 0.2) is 4.90 Å². The maximum absolute atomic E-state index is 13.4. The number of pyridine rings is 2. The smallest absolute Gasteiger partial charge is 0.293 e. The number of nitrogens with zero attached hydrogens (tertiary/aromatic N) is 4. The Hall–Kier alpha value is -4.09. The molecular weight excluding hydrogens is 470 g/mol. The summed E-state index contributed by atoms with van der Waals surface area (Å²) >= 11 is 0. The van der Waals surface area contributed by atoms with Gasteiger partial charge in [0.1, 0.15) is 11.6 Å². The molecule has 0 spiro atoms. The zero-order chi connectivity index (χ0) is 24.6. The topological polar surface area (TPSA) is 128 Å². The van der Waals surface area contributed by atoms with E-state index >= 15 is 0 Å². The second kappa shape index (κ2) is 8.93. The molecule has 1 N–H and O–H groups in total. The number of anilines is 2. The van der Waals surface area contributed by atoms with Crippen molar-refractivity contribution in [2.45, 2.75) is 17.9 Å². The molecule has 35 heavy (non-hydrogen) atoms. The molecule has 0 fully saturated rings. The molecule has 0 saturated heterocycles. The number of methoxy groups -OCH3 is 1. The summed E-state index contributed by atoms with van der Waals surface area (Å²) < 4.78 is 33.0. The Kier molecular flexibility index (Phi) is 5.79. The van der Waals surface area contributed by atoms with Gasteiger partial charge in [-0.3, -0.25) is 15.1 Å². The van der Waals surface area contributed by atoms with Crippen molar-refractivity contribution >= 4 is 38.1 Å². The summed E-state index contributed by atoms with van der Waals surface area (Å²) in [6.07, 6.45) is 3.74. The van der Waals surface area contributed by atoms with Gasteiger partial charge in [0.2, 0.25) is 10.0 Å². The molecule has 178 valence electrons. The molecule has 0 unspecified atom stereocenters. The van der Waals surface area contributed by atoms with Crippen molar-refractivity contribution in [1.82, 2.24) is 14.3 Å². The van der Waals surface area contributed by atoms with E-state index in [0.29, 0.717) is 12.2 Å². The lowest BCUT2D eigenvalue weighted by Crippen LogP contribution is -2.36. The molecule has 2 aromatic carbocycles. The summed E-state index contributed by atoms with van der Waals surface area (Å²) in [5.41, 5.74) is 2.82. The summed E-state index contributed by atoms with van der Waals surface area (Å²) in [7, 11) is -2.75. The van der Waals surface area contributed by atoms with E-state index in [1.165, 1.54) is 23.5 Å². The highest BCUT2D eigenvalue weighted by molar-refractivity contribution is 7.89. The molecule has 3 heterocycles. The number of nitro benzene ring substituents is 1. The van der Waals surface area contributed by atoms with Crippen LogP contribution >= 0.6 is 0 Å². The van der Waals surface area contributed by atoms with Gasteiger partial charge in [-0.1, -0.05) is 18.2 Å². The fraction of sp³-hybridized carbons (Fsp3) is 0.167. The number of ether oxygens (including phenoxy) is 1. The summed E-state index contributed by atoms with van der Waals surface area (Å²) in [5, 5.41) is 15.9. The van der Waals surface area contributed by atoms with E-state index in [-0.39, 0.29) is 23.7 Å². The van der Waals surface area contributed by atoms with Crippen molar-refractivity contribution in [3.05, 3.63) is 88.2 Å². The van der Waals surface area contributed by atoms with Crippen molar-refractivity contribution in [3.8, 4) is 5.75 Å². The van der Waals surface area contributed by atoms with Crippen molar-refractivity contribution in [3.63, 3.8) is 0 Å². The minimum atomic E-state index is -4.12. The lowest BCUT2D eigenvalue weighted by molar-refractivity contribution is -0.387. The first-order chi connectivity index (χ1) is 16.9. The SMILES string of the molecule is COc1ccc(S(=O)(=O)N2CCc3c(ccnc3Nc3cnc4ccccc4c3)C2)c([N+](=O)[O-])c1. The van der Waals surface area contributed by atoms with Gasteiger partial charge in [-0.2, -0.15) is 4.31 Å². The maximum atomic E-state index is 13.4. The fourth-order valence-electron chi connectivity index (χ4n) is 4.18. The number of hydrogen-bond donors (Lipinski definition) is 1. The molecule has 0 saturated carbocycles. The second-order valence-corrected chi connectivity index (χ2v) is 9.92. The quantitative estimate of drug-likeness (QED) is 0.316. The highest BCUT2D eigenvalue weighted by Crippen LogP contribution is 2.34. The maximum Gasteiger partial charge on any atom is 0.293 e. The van der Waals surface area contributed by atoms with Crippen molar-refractivity contribution in [2.24, 2.45) is 0 Å². The summed E-state index contributed by atoms with van der Waals surface area (Å²) in [5.74, 6) is 0.844. The van der Waals surface area contributed by atoms with Crippen LogP contribution in [0.25, 0.3) is 10.9 Å². The first-order valence-electron chi connectivity index (χ1n) is 10.8. The van der Waals surface area contributed by atoms with Crippen LogP contribution in [-0.2, 0) is 23.0 Å². The minimum absolute atomic E-state index is 0.0774. The number of rotatable bonds is 6. The van der Waals surface area contributed by atoms with Crippen LogP contribution in [0, 0.1) is 10.1 Å². The van der Waals surface area contributed by atoms with Crippen LogP contribution in [0.15, 0.2) is 71.9 Å². The van der Waals surface area contributed by atoms with E-state index in [1.54, 1.807) is 18.5 Å². The Morgan fingerprint density at radius 2 is 1.94 bits per heavy atom. The minimum Gasteiger partial charge on any atom is -0.497 e. The van der Waals surface area contributed by atoms with E-state index < -0.39 is 20.6 Å². The molecule has 10 nitrogen and oxygen atoms in total. The van der Waals surface area contributed by atoms with Gasteiger partial charge in [0, 0.05) is 30.2 Å². The predicted octanol–water partition coefficient (Wildman–Crippen LogP) is 4.04. The molecule has 0 radical (unpaired) electrons. The van der Waals surface area contributed by atoms with Crippen LogP contribution < -0.4 is 10.1 Å². The Bertz CT molecular complexity index is 1560. The van der Waals surface area contributed by atoms with Gasteiger partial charge in [0.05, 0.1) is 35.5 Å². The Morgan fingerprint density at radius 3 is 2.74 bits per heavy atom. The summed E-state index contributed by atoms with van der Waals surface area (Å²) in [6.45, 7) is 0.239. The van der Waals surface area contributed by atoms with E-state index in [9.17, 15) is 18.5 Å². The molecular formula is C24H21N5O5S. The molecule has 0 aliphatic carbocycles. The summed E-state index contributed by atoms with van der Waals surface area (Å²) in [6, 6.07) is 15.3. The van der Waals surface area contributed by atoms with Gasteiger partial charge < -0.3 is 10.1 Å². The molecule has 4 aromatic rings. The number of aromatic nitrogens is 2. The normalized spacial score (nSPS) is 13.9. The third-order valence-electron chi connectivity index (χ3n) is 5.94. The number of nitro groups is 1. The third kappa shape index (κ3) is 4.27. The molecule has 1 aliphatic heterocycles. The van der Waals surface area contributed by atoms with E-state index in [4.69, 9.17) is 4.74 Å². The standard InChI is InChI=1S/C24H21N5O5S/c1-34-19-6-7-23(22(13-19)29(30)31)35(32,33)28-11-9-20-17(15-28)8-10-25-24(20)27-18-12-16-4-2-3-5-21(16)26-14-18/h2-8,10,12-14H,9,11,15H2,1H3,(H,25,27). The van der Waals surface area contributed by atoms with Crippen molar-refractivity contribution in [2.75, 3.05) is 19.0 Å². The van der Waals surface area contributed by atoms with Gasteiger partial charge in [-0.15, -0.1) is 0 Å². The van der Waals surface area contributed by atoms with Crippen LogP contribution in [-0.4, -0.2) is 41.3 Å². The monoisotopic (exact) mass is 491 g/mol. The lowest BCUT2D eigenvalue weighted by Gasteiger charge is -2.29. The average molecular weight is 492 g/mol. The van der Waals surface area contributed by atoms with Gasteiger partial charge in [-0.25, -0.2) is 13.4 Å². The lowest BCUT2D eigenvalue weighted by atomic mass is 10.0. The molecule has 1 aliphatic rings. The van der Waals surface area contributed by atoms with E-state index in [2.05, 4.69) is 15.3 Å². The Morgan fingerprint density at radius 1 is 1.11 bits per heavy atom. The molecule has 0 amide bonds. The first-order valence-corrected chi connectivity index (χ1v) is 12.2. The third-order valence-corrected chi connectivity index (χ3v) is 7.84. The highest BCUT2D eigenvalue weighted by atomic mass is 32.2. The van der Waals surface area contributed by atoms with Crippen molar-refractivity contribution in [1.29, 1.82) is 0 Å². The van der Waals surface area contributed by atoms with Crippen molar-refractivity contribution < 1.29 is 18.1 Å². The average Bonchev–Trinajstić information content (AvgIpc) is 2.88. The van der Waals surface area contributed by atoms with Crippen LogP contribution in [0.5, 0.6) is 5.75 Å². The van der Waals surface area contributed by atoms with E-state index in [0.717, 1.165) is 33.8 Å². The Labute approximate surface area is 201 Å². The first kappa shape index (κ1) is 22.7. The highest BCUT2D eigenvalue weighted by Gasteiger charge is 2.34. The number of hydrogen-bond acceptors (Lipinski definition) is 8. The number of benzene rings is 2. The van der Waals surface area contributed by atoms with Crippen LogP contribution in [0.3, 0.4) is 0 Å². The fourth-order valence-corrected chi connectivity index (χ4v) is 5.73. The van der Waals surface area contributed by atoms with Crippen LogP contribution in [0.4, 0.5) is 17.2 Å². The van der Waals surface area contributed by atoms with Crippen LogP contribution in [0.1, 0.15) is 11.1 Å². The molecule has 0 atom stereocenters. The molecule has 11 heteroatoms. The number of fused-ring (bicyclic) bond motifs is 2. The predicted molar refractivity (Wildman–Crippen MR) is 130 cm³/mol. The number of nitrogens with one attached hydrogen (secondary N) is 1. The second-order valence-electron chi connectivity index (χ2n) is 8.02. The molecule has 5 rings (SSSR count). The van der Waals surface area contributed by atoms with Gasteiger partial charge in [-0.05, 0) is 42.3 Å². The Balaban J connectivity index is 1.44. The van der Waals surface area contributed by atoms with E-state index in [1.807, 2.05) is 30.3 Å². The van der Waals surface area contributed by atoms with Gasteiger partial charge in [0.25, 0.3) is 5.69 Å². The number of para-hydroxylation sites is 1. The molecule has 0 bridgehead atoms. The molecule has 2 aromatic heterocycles. The largest absolute Gasteiger partial charge is 0.497 e. The van der Waals surface area contributed by atoms with Crippen LogP contribution in [0.2, 0.25) is 0 Å². The zero-order valence-corrected chi connectivity index (χ0v) is 19.5. The number of sulfonamides is 1. The summed E-state index contributed by atoms with van der Waals surface area (Å²) in [4.78, 5) is 19.4. The van der Waals surface area contributed by atoms with Gasteiger partial charge >= 0.3 is 0 Å². The zero-order valence-electron chi connectivity index (χ0n) is 18.7.